The minimum Gasteiger partial charge on any atom is -0.508 e. The highest BCUT2D eigenvalue weighted by Gasteiger charge is 2.33. The summed E-state index contributed by atoms with van der Waals surface area (Å²) in [4.78, 5) is 19.1. The van der Waals surface area contributed by atoms with Crippen LogP contribution in [0.3, 0.4) is 0 Å². The lowest BCUT2D eigenvalue weighted by atomic mass is 9.72. The summed E-state index contributed by atoms with van der Waals surface area (Å²) in [5.74, 6) is 1.42. The molecule has 0 unspecified atom stereocenters. The van der Waals surface area contributed by atoms with Gasteiger partial charge >= 0.3 is 0 Å². The monoisotopic (exact) mass is 436 g/mol. The van der Waals surface area contributed by atoms with Gasteiger partial charge in [0.2, 0.25) is 0 Å². The molecule has 0 radical (unpaired) electrons. The van der Waals surface area contributed by atoms with Crippen molar-refractivity contribution in [3.8, 4) is 5.75 Å². The Hall–Kier alpha value is -2.86. The molecule has 1 aromatic carbocycles. The van der Waals surface area contributed by atoms with Crippen molar-refractivity contribution in [2.24, 2.45) is 16.3 Å². The largest absolute Gasteiger partial charge is 0.508 e. The Balaban J connectivity index is 1.64. The number of aromatic hydroxyl groups is 1. The molecule has 2 aromatic heterocycles. The molecule has 1 aliphatic rings. The van der Waals surface area contributed by atoms with Crippen molar-refractivity contribution in [3.05, 3.63) is 70.0 Å². The summed E-state index contributed by atoms with van der Waals surface area (Å²) in [6, 6.07) is 10.5. The molecule has 31 heavy (non-hydrogen) atoms. The number of aliphatic imine (C=N–C) groups is 1. The number of nitrogens with zero attached hydrogens (tertiary/aromatic N) is 1. The van der Waals surface area contributed by atoms with Gasteiger partial charge in [-0.05, 0) is 78.1 Å². The Kier molecular flexibility index (Phi) is 6.01. The van der Waals surface area contributed by atoms with E-state index in [1.807, 2.05) is 12.1 Å². The third kappa shape index (κ3) is 4.90. The van der Waals surface area contributed by atoms with Gasteiger partial charge in [0.1, 0.15) is 16.5 Å². The van der Waals surface area contributed by atoms with Crippen LogP contribution in [0.15, 0.2) is 52.1 Å². The smallest absolute Gasteiger partial charge is 0.255 e. The van der Waals surface area contributed by atoms with Gasteiger partial charge in [0.15, 0.2) is 0 Å². The zero-order valence-electron chi connectivity index (χ0n) is 18.1. The fraction of sp³-hybridized carbons (Fsp3) is 0.360. The first-order valence-electron chi connectivity index (χ1n) is 10.6. The van der Waals surface area contributed by atoms with Crippen LogP contribution in [0.5, 0.6) is 5.75 Å². The van der Waals surface area contributed by atoms with E-state index in [1.54, 1.807) is 48.1 Å². The number of benzene rings is 1. The zero-order valence-corrected chi connectivity index (χ0v) is 19.0. The van der Waals surface area contributed by atoms with E-state index in [-0.39, 0.29) is 17.1 Å². The molecule has 0 aliphatic heterocycles. The summed E-state index contributed by atoms with van der Waals surface area (Å²) in [7, 11) is 0. The number of hydrogen-bond acceptors (Lipinski definition) is 5. The Labute approximate surface area is 186 Å². The summed E-state index contributed by atoms with van der Waals surface area (Å²) in [5, 5.41) is 13.2. The maximum absolute atomic E-state index is 13.2. The molecule has 0 saturated heterocycles. The molecular weight excluding hydrogens is 408 g/mol. The number of fused-ring (bicyclic) bond motifs is 1. The molecule has 3 aromatic rings. The second-order valence-corrected chi connectivity index (χ2v) is 10.2. The highest BCUT2D eigenvalue weighted by molar-refractivity contribution is 7.16. The van der Waals surface area contributed by atoms with Crippen molar-refractivity contribution in [2.75, 3.05) is 0 Å². The summed E-state index contributed by atoms with van der Waals surface area (Å²) in [6.07, 6.45) is 6.31. The topological polar surface area (TPSA) is 74.8 Å². The normalized spacial score (nSPS) is 16.4. The third-order valence-electron chi connectivity index (χ3n) is 5.93. The lowest BCUT2D eigenvalue weighted by Gasteiger charge is -2.33. The van der Waals surface area contributed by atoms with Crippen LogP contribution in [0, 0.1) is 11.3 Å². The molecule has 1 amide bonds. The lowest BCUT2D eigenvalue weighted by Crippen LogP contribution is -2.28. The molecule has 2 heterocycles. The third-order valence-corrected chi connectivity index (χ3v) is 7.09. The van der Waals surface area contributed by atoms with E-state index in [0.717, 1.165) is 41.2 Å². The molecule has 0 saturated carbocycles. The number of phenolic OH excluding ortho intramolecular Hbond substituents is 1. The standard InChI is InChI=1S/C25H28N2O3S/c1-25(2,3)17-8-11-20-21(13-17)31-24(27-14-16-6-9-18(28)10-7-16)22(20)23(29)26-15-19-5-4-12-30-19/h4-7,9-10,12,14,17,28H,8,11,13,15H2,1-3H3,(H,26,29)/t17-/m0/s1. The van der Waals surface area contributed by atoms with Crippen molar-refractivity contribution < 1.29 is 14.3 Å². The number of phenols is 1. The molecule has 162 valence electrons. The Morgan fingerprint density at radius 1 is 1.29 bits per heavy atom. The van der Waals surface area contributed by atoms with Crippen molar-refractivity contribution in [3.63, 3.8) is 0 Å². The van der Waals surface area contributed by atoms with Crippen LogP contribution >= 0.6 is 11.3 Å². The van der Waals surface area contributed by atoms with Gasteiger partial charge in [0.05, 0.1) is 18.4 Å². The number of carbonyl (C=O) groups is 1. The number of rotatable bonds is 5. The van der Waals surface area contributed by atoms with Crippen LogP contribution in [0.25, 0.3) is 0 Å². The SMILES string of the molecule is CC(C)(C)[C@H]1CCc2c(sc(N=Cc3ccc(O)cc3)c2C(=O)NCc2ccco2)C1. The summed E-state index contributed by atoms with van der Waals surface area (Å²) in [6.45, 7) is 7.22. The van der Waals surface area contributed by atoms with Crippen LogP contribution in [-0.2, 0) is 19.4 Å². The van der Waals surface area contributed by atoms with Crippen LogP contribution in [-0.4, -0.2) is 17.2 Å². The molecule has 0 spiro atoms. The first-order valence-corrected chi connectivity index (χ1v) is 11.4. The number of thiophene rings is 1. The minimum absolute atomic E-state index is 0.110. The summed E-state index contributed by atoms with van der Waals surface area (Å²) < 4.78 is 5.35. The highest BCUT2D eigenvalue weighted by atomic mass is 32.1. The second-order valence-electron chi connectivity index (χ2n) is 9.10. The minimum atomic E-state index is -0.110. The van der Waals surface area contributed by atoms with Gasteiger partial charge in [-0.3, -0.25) is 4.79 Å². The average Bonchev–Trinajstić information content (AvgIpc) is 3.38. The quantitative estimate of drug-likeness (QED) is 0.491. The lowest BCUT2D eigenvalue weighted by molar-refractivity contribution is 0.0947. The van der Waals surface area contributed by atoms with E-state index in [2.05, 4.69) is 26.1 Å². The van der Waals surface area contributed by atoms with Crippen molar-refractivity contribution in [1.82, 2.24) is 5.32 Å². The van der Waals surface area contributed by atoms with E-state index >= 15 is 0 Å². The first-order chi connectivity index (χ1) is 14.8. The van der Waals surface area contributed by atoms with Crippen LogP contribution in [0.1, 0.15) is 59.3 Å². The van der Waals surface area contributed by atoms with E-state index < -0.39 is 0 Å². The van der Waals surface area contributed by atoms with Crippen LogP contribution < -0.4 is 5.32 Å². The fourth-order valence-corrected chi connectivity index (χ4v) is 5.27. The van der Waals surface area contributed by atoms with Gasteiger partial charge in [-0.1, -0.05) is 20.8 Å². The number of amides is 1. The molecular formula is C25H28N2O3S. The van der Waals surface area contributed by atoms with Crippen molar-refractivity contribution in [2.45, 2.75) is 46.6 Å². The number of nitrogens with one attached hydrogen (secondary N) is 1. The maximum Gasteiger partial charge on any atom is 0.255 e. The molecule has 4 rings (SSSR count). The van der Waals surface area contributed by atoms with Gasteiger partial charge in [-0.25, -0.2) is 4.99 Å². The molecule has 1 atom stereocenters. The number of hydrogen-bond donors (Lipinski definition) is 2. The number of furan rings is 1. The molecule has 0 fully saturated rings. The predicted octanol–water partition coefficient (Wildman–Crippen LogP) is 5.88. The van der Waals surface area contributed by atoms with E-state index in [9.17, 15) is 9.90 Å². The summed E-state index contributed by atoms with van der Waals surface area (Å²) >= 11 is 1.62. The van der Waals surface area contributed by atoms with E-state index in [0.29, 0.717) is 18.0 Å². The summed E-state index contributed by atoms with van der Waals surface area (Å²) in [5.41, 5.74) is 2.94. The second kappa shape index (κ2) is 8.71. The average molecular weight is 437 g/mol. The molecule has 5 nitrogen and oxygen atoms in total. The number of carbonyl (C=O) groups excluding carboxylic acids is 1. The molecule has 0 bridgehead atoms. The molecule has 2 N–H and O–H groups in total. The fourth-order valence-electron chi connectivity index (χ4n) is 4.00. The van der Waals surface area contributed by atoms with Crippen LogP contribution in [0.4, 0.5) is 5.00 Å². The van der Waals surface area contributed by atoms with E-state index in [1.165, 1.54) is 4.88 Å². The Morgan fingerprint density at radius 2 is 2.06 bits per heavy atom. The zero-order chi connectivity index (χ0) is 22.0. The highest BCUT2D eigenvalue weighted by Crippen LogP contribution is 2.45. The van der Waals surface area contributed by atoms with Gasteiger partial charge in [0.25, 0.3) is 5.91 Å². The molecule has 6 heteroatoms. The molecule has 1 aliphatic carbocycles. The van der Waals surface area contributed by atoms with Gasteiger partial charge in [0, 0.05) is 11.1 Å². The van der Waals surface area contributed by atoms with Gasteiger partial charge < -0.3 is 14.8 Å². The Morgan fingerprint density at radius 3 is 2.74 bits per heavy atom. The van der Waals surface area contributed by atoms with Crippen LogP contribution in [0.2, 0.25) is 0 Å². The predicted molar refractivity (Wildman–Crippen MR) is 125 cm³/mol. The van der Waals surface area contributed by atoms with Crippen molar-refractivity contribution >= 4 is 28.5 Å². The van der Waals surface area contributed by atoms with Gasteiger partial charge in [-0.15, -0.1) is 11.3 Å². The van der Waals surface area contributed by atoms with Gasteiger partial charge in [-0.2, -0.15) is 0 Å². The van der Waals surface area contributed by atoms with Crippen molar-refractivity contribution in [1.29, 1.82) is 0 Å². The van der Waals surface area contributed by atoms with E-state index in [4.69, 9.17) is 9.41 Å². The Bertz CT molecular complexity index is 1070. The first kappa shape index (κ1) is 21.4. The maximum atomic E-state index is 13.2.